The summed E-state index contributed by atoms with van der Waals surface area (Å²) in [6.07, 6.45) is 0.645. The molecule has 0 aromatic heterocycles. The molecular formula is C33H37NO5S. The SMILES string of the molecule is CCOC(=O)COc1ccc(SCc2cc(C#CCc3ccccc3)cc(OC(C)N3CCOCC3)c2)cc1C. The lowest BCUT2D eigenvalue weighted by Crippen LogP contribution is -2.44. The average Bonchev–Trinajstić information content (AvgIpc) is 2.97. The first-order chi connectivity index (χ1) is 19.5. The first kappa shape index (κ1) is 29.5. The van der Waals surface area contributed by atoms with Crippen LogP contribution in [-0.2, 0) is 26.4 Å². The Kier molecular flexibility index (Phi) is 11.4. The summed E-state index contributed by atoms with van der Waals surface area (Å²) in [6.45, 7) is 9.27. The molecule has 6 nitrogen and oxygen atoms in total. The van der Waals surface area contributed by atoms with Crippen LogP contribution >= 0.6 is 11.8 Å². The standard InChI is InChI=1S/C33H37NO5S/c1-4-37-33(35)23-38-32-14-13-31(19-25(32)2)40-24-29-20-28(12-8-11-27-9-6-5-7-10-27)21-30(22-29)39-26(3)34-15-17-36-18-16-34/h5-7,9-10,13-14,19-22,26H,4,11,15-18,23-24H2,1-3H3. The molecule has 1 unspecified atom stereocenters. The van der Waals surface area contributed by atoms with Crippen LogP contribution in [0, 0.1) is 18.8 Å². The second-order valence-corrected chi connectivity index (χ2v) is 10.6. The van der Waals surface area contributed by atoms with E-state index >= 15 is 0 Å². The summed E-state index contributed by atoms with van der Waals surface area (Å²) >= 11 is 1.74. The van der Waals surface area contributed by atoms with Crippen molar-refractivity contribution in [3.8, 4) is 23.3 Å². The van der Waals surface area contributed by atoms with Crippen molar-refractivity contribution in [1.29, 1.82) is 0 Å². The van der Waals surface area contributed by atoms with Crippen molar-refractivity contribution in [2.24, 2.45) is 0 Å². The Balaban J connectivity index is 1.45. The van der Waals surface area contributed by atoms with E-state index in [0.29, 0.717) is 18.8 Å². The minimum absolute atomic E-state index is 0.0540. The fraction of sp³-hybridized carbons (Fsp3) is 0.364. The minimum Gasteiger partial charge on any atom is -0.482 e. The Morgan fingerprint density at radius 1 is 1.05 bits per heavy atom. The van der Waals surface area contributed by atoms with Gasteiger partial charge in [-0.1, -0.05) is 42.2 Å². The van der Waals surface area contributed by atoms with Gasteiger partial charge in [-0.15, -0.1) is 11.8 Å². The number of hydrogen-bond donors (Lipinski definition) is 0. The molecular weight excluding hydrogens is 522 g/mol. The van der Waals surface area contributed by atoms with E-state index in [4.69, 9.17) is 18.9 Å². The Hall–Kier alpha value is -3.44. The minimum atomic E-state index is -0.368. The van der Waals surface area contributed by atoms with Crippen LogP contribution in [0.25, 0.3) is 0 Å². The van der Waals surface area contributed by atoms with Crippen molar-refractivity contribution in [2.75, 3.05) is 39.5 Å². The van der Waals surface area contributed by atoms with Gasteiger partial charge < -0.3 is 18.9 Å². The fourth-order valence-electron chi connectivity index (χ4n) is 4.32. The normalized spacial score (nSPS) is 14.1. The molecule has 3 aromatic carbocycles. The number of morpholine rings is 1. The van der Waals surface area contributed by atoms with Crippen molar-refractivity contribution in [1.82, 2.24) is 4.90 Å². The maximum Gasteiger partial charge on any atom is 0.344 e. The Labute approximate surface area is 242 Å². The molecule has 0 aliphatic carbocycles. The molecule has 1 atom stereocenters. The quantitative estimate of drug-likeness (QED) is 0.165. The molecule has 1 heterocycles. The summed E-state index contributed by atoms with van der Waals surface area (Å²) in [4.78, 5) is 15.0. The topological polar surface area (TPSA) is 57.2 Å². The smallest absolute Gasteiger partial charge is 0.344 e. The molecule has 0 bridgehead atoms. The van der Waals surface area contributed by atoms with Crippen LogP contribution in [0.4, 0.5) is 0 Å². The summed E-state index contributed by atoms with van der Waals surface area (Å²) in [5.41, 5.74) is 4.25. The number of ether oxygens (including phenoxy) is 4. The summed E-state index contributed by atoms with van der Waals surface area (Å²) < 4.78 is 22.5. The molecule has 1 fully saturated rings. The molecule has 1 aliphatic heterocycles. The second kappa shape index (κ2) is 15.4. The van der Waals surface area contributed by atoms with Crippen LogP contribution in [-0.4, -0.2) is 56.6 Å². The zero-order valence-electron chi connectivity index (χ0n) is 23.5. The Morgan fingerprint density at radius 3 is 2.60 bits per heavy atom. The highest BCUT2D eigenvalue weighted by Gasteiger charge is 2.18. The highest BCUT2D eigenvalue weighted by molar-refractivity contribution is 7.98. The number of carbonyl (C=O) groups excluding carboxylic acids is 1. The predicted molar refractivity (Wildman–Crippen MR) is 159 cm³/mol. The lowest BCUT2D eigenvalue weighted by molar-refractivity contribution is -0.145. The molecule has 0 spiro atoms. The molecule has 1 saturated heterocycles. The fourth-order valence-corrected chi connectivity index (χ4v) is 5.25. The van der Waals surface area contributed by atoms with E-state index in [1.807, 2.05) is 43.3 Å². The van der Waals surface area contributed by atoms with Gasteiger partial charge in [-0.2, -0.15) is 0 Å². The Morgan fingerprint density at radius 2 is 1.85 bits per heavy atom. The van der Waals surface area contributed by atoms with E-state index in [1.54, 1.807) is 18.7 Å². The molecule has 3 aromatic rings. The van der Waals surface area contributed by atoms with Crippen LogP contribution < -0.4 is 9.47 Å². The zero-order chi connectivity index (χ0) is 28.2. The van der Waals surface area contributed by atoms with Crippen LogP contribution in [0.15, 0.2) is 71.6 Å². The van der Waals surface area contributed by atoms with Gasteiger partial charge in [-0.25, -0.2) is 4.79 Å². The van der Waals surface area contributed by atoms with Gasteiger partial charge >= 0.3 is 5.97 Å². The van der Waals surface area contributed by atoms with Gasteiger partial charge in [0.15, 0.2) is 6.61 Å². The van der Waals surface area contributed by atoms with Crippen molar-refractivity contribution >= 4 is 17.7 Å². The summed E-state index contributed by atoms with van der Waals surface area (Å²) in [7, 11) is 0. The summed E-state index contributed by atoms with van der Waals surface area (Å²) in [6, 6.07) is 22.5. The van der Waals surface area contributed by atoms with Gasteiger partial charge in [-0.05, 0) is 73.9 Å². The van der Waals surface area contributed by atoms with Crippen LogP contribution in [0.5, 0.6) is 11.5 Å². The van der Waals surface area contributed by atoms with Gasteiger partial charge in [0.1, 0.15) is 17.7 Å². The highest BCUT2D eigenvalue weighted by Crippen LogP contribution is 2.30. The molecule has 4 rings (SSSR count). The molecule has 0 N–H and O–H groups in total. The molecule has 0 saturated carbocycles. The van der Waals surface area contributed by atoms with E-state index in [9.17, 15) is 4.79 Å². The number of esters is 1. The van der Waals surface area contributed by atoms with Gasteiger partial charge in [0.25, 0.3) is 0 Å². The van der Waals surface area contributed by atoms with Crippen molar-refractivity contribution < 1.29 is 23.7 Å². The van der Waals surface area contributed by atoms with Crippen molar-refractivity contribution in [3.63, 3.8) is 0 Å². The Bertz CT molecular complexity index is 1310. The van der Waals surface area contributed by atoms with Crippen LogP contribution in [0.2, 0.25) is 0 Å². The van der Waals surface area contributed by atoms with Crippen molar-refractivity contribution in [2.45, 2.75) is 44.1 Å². The first-order valence-corrected chi connectivity index (χ1v) is 14.7. The van der Waals surface area contributed by atoms with Crippen LogP contribution in [0.1, 0.15) is 36.1 Å². The van der Waals surface area contributed by atoms with Gasteiger partial charge in [-0.3, -0.25) is 4.90 Å². The van der Waals surface area contributed by atoms with E-state index < -0.39 is 0 Å². The third-order valence-corrected chi connectivity index (χ3v) is 7.47. The molecule has 0 amide bonds. The number of benzene rings is 3. The number of thioether (sulfide) groups is 1. The average molecular weight is 560 g/mol. The van der Waals surface area contributed by atoms with E-state index in [0.717, 1.165) is 59.4 Å². The number of rotatable bonds is 11. The largest absolute Gasteiger partial charge is 0.482 e. The van der Waals surface area contributed by atoms with Crippen LogP contribution in [0.3, 0.4) is 0 Å². The van der Waals surface area contributed by atoms with E-state index in [1.165, 1.54) is 5.56 Å². The van der Waals surface area contributed by atoms with Gasteiger partial charge in [0.05, 0.1) is 19.8 Å². The third-order valence-electron chi connectivity index (χ3n) is 6.40. The number of nitrogens with zero attached hydrogens (tertiary/aromatic N) is 1. The van der Waals surface area contributed by atoms with E-state index in [2.05, 4.69) is 54.0 Å². The summed E-state index contributed by atoms with van der Waals surface area (Å²) in [5, 5.41) is 0. The molecule has 7 heteroatoms. The number of aryl methyl sites for hydroxylation is 1. The maximum absolute atomic E-state index is 11.6. The zero-order valence-corrected chi connectivity index (χ0v) is 24.3. The van der Waals surface area contributed by atoms with Gasteiger partial charge in [0.2, 0.25) is 0 Å². The highest BCUT2D eigenvalue weighted by atomic mass is 32.2. The monoisotopic (exact) mass is 559 g/mol. The van der Waals surface area contributed by atoms with Crippen molar-refractivity contribution in [3.05, 3.63) is 89.0 Å². The molecule has 210 valence electrons. The second-order valence-electron chi connectivity index (χ2n) is 9.50. The van der Waals surface area contributed by atoms with Gasteiger partial charge in [0, 0.05) is 35.7 Å². The maximum atomic E-state index is 11.6. The molecule has 1 aliphatic rings. The lowest BCUT2D eigenvalue weighted by atomic mass is 10.1. The lowest BCUT2D eigenvalue weighted by Gasteiger charge is -2.32. The third kappa shape index (κ3) is 9.34. The first-order valence-electron chi connectivity index (χ1n) is 13.7. The summed E-state index contributed by atoms with van der Waals surface area (Å²) in [5.74, 6) is 8.56. The number of hydrogen-bond acceptors (Lipinski definition) is 7. The predicted octanol–water partition coefficient (Wildman–Crippen LogP) is 5.88. The molecule has 40 heavy (non-hydrogen) atoms. The molecule has 0 radical (unpaired) electrons. The number of carbonyl (C=O) groups is 1. The van der Waals surface area contributed by atoms with E-state index in [-0.39, 0.29) is 18.8 Å².